The largest absolute Gasteiger partial charge is 0.444 e. The van der Waals surface area contributed by atoms with Crippen LogP contribution in [0.1, 0.15) is 147 Å². The van der Waals surface area contributed by atoms with Gasteiger partial charge in [0.25, 0.3) is 0 Å². The van der Waals surface area contributed by atoms with Gasteiger partial charge >= 0.3 is 6.09 Å². The average Bonchev–Trinajstić information content (AvgIpc) is 3.36. The Morgan fingerprint density at radius 2 is 1.40 bits per heavy atom. The molecule has 1 aliphatic carbocycles. The van der Waals surface area contributed by atoms with Crippen LogP contribution in [-0.2, 0) is 22.4 Å². The Bertz CT molecular complexity index is 1200. The molecule has 0 bridgehead atoms. The van der Waals surface area contributed by atoms with E-state index >= 15 is 0 Å². The van der Waals surface area contributed by atoms with Crippen LogP contribution < -0.4 is 10.6 Å². The summed E-state index contributed by atoms with van der Waals surface area (Å²) < 4.78 is 5.53. The SMILES string of the molecule is CCCCCCCCCCCCCCC[C@@H](C[C@H](O)[C@H](Cc1ccccc1)NC(=O)OC(C)(C)C)C(=O)N[C@H]1c2ccccc2C[C@H]1O. The highest BCUT2D eigenvalue weighted by Gasteiger charge is 2.35. The number of hydrogen-bond acceptors (Lipinski definition) is 5. The number of hydrogen-bond donors (Lipinski definition) is 4. The number of aliphatic hydroxyl groups is 2. The van der Waals surface area contributed by atoms with Crippen LogP contribution >= 0.6 is 0 Å². The molecular weight excluding hydrogens is 600 g/mol. The van der Waals surface area contributed by atoms with Crippen LogP contribution in [0.3, 0.4) is 0 Å². The summed E-state index contributed by atoms with van der Waals surface area (Å²) in [6, 6.07) is 16.5. The molecule has 2 aromatic carbocycles. The summed E-state index contributed by atoms with van der Waals surface area (Å²) in [7, 11) is 0. The third-order valence-corrected chi connectivity index (χ3v) is 9.52. The molecule has 0 aliphatic heterocycles. The van der Waals surface area contributed by atoms with E-state index in [1.165, 1.54) is 64.2 Å². The fraction of sp³-hybridized carbons (Fsp3) is 0.659. The zero-order chi connectivity index (χ0) is 34.8. The molecule has 0 radical (unpaired) electrons. The predicted molar refractivity (Wildman–Crippen MR) is 195 cm³/mol. The van der Waals surface area contributed by atoms with E-state index in [-0.39, 0.29) is 12.3 Å². The number of aliphatic hydroxyl groups excluding tert-OH is 2. The number of carbonyl (C=O) groups is 2. The van der Waals surface area contributed by atoms with Gasteiger partial charge in [0.2, 0.25) is 5.91 Å². The summed E-state index contributed by atoms with van der Waals surface area (Å²) in [5.74, 6) is -0.629. The summed E-state index contributed by atoms with van der Waals surface area (Å²) in [6.45, 7) is 7.68. The van der Waals surface area contributed by atoms with Crippen LogP contribution in [-0.4, -0.2) is 46.1 Å². The van der Waals surface area contributed by atoms with Crippen molar-refractivity contribution < 1.29 is 24.5 Å². The molecular formula is C41H64N2O5. The van der Waals surface area contributed by atoms with Gasteiger partial charge in [0, 0.05) is 12.3 Å². The van der Waals surface area contributed by atoms with Gasteiger partial charge in [-0.1, -0.05) is 145 Å². The zero-order valence-corrected chi connectivity index (χ0v) is 30.2. The van der Waals surface area contributed by atoms with E-state index < -0.39 is 41.9 Å². The number of amides is 2. The minimum Gasteiger partial charge on any atom is -0.444 e. The van der Waals surface area contributed by atoms with E-state index in [0.717, 1.165) is 36.0 Å². The lowest BCUT2D eigenvalue weighted by Crippen LogP contribution is -2.48. The minimum atomic E-state index is -0.976. The van der Waals surface area contributed by atoms with Gasteiger partial charge in [-0.25, -0.2) is 4.79 Å². The van der Waals surface area contributed by atoms with Crippen LogP contribution in [0.25, 0.3) is 0 Å². The number of unbranched alkanes of at least 4 members (excludes halogenated alkanes) is 12. The van der Waals surface area contributed by atoms with Crippen molar-refractivity contribution in [1.82, 2.24) is 10.6 Å². The molecule has 0 spiro atoms. The Balaban J connectivity index is 1.60. The normalized spacial score (nSPS) is 17.7. The summed E-state index contributed by atoms with van der Waals surface area (Å²) >= 11 is 0. The van der Waals surface area contributed by atoms with Crippen LogP contribution in [0.15, 0.2) is 54.6 Å². The molecule has 7 nitrogen and oxygen atoms in total. The molecule has 1 aliphatic rings. The maximum atomic E-state index is 13.9. The average molecular weight is 665 g/mol. The lowest BCUT2D eigenvalue weighted by atomic mass is 9.89. The lowest BCUT2D eigenvalue weighted by Gasteiger charge is -2.29. The van der Waals surface area contributed by atoms with Crippen molar-refractivity contribution in [3.05, 3.63) is 71.3 Å². The van der Waals surface area contributed by atoms with Gasteiger partial charge in [-0.05, 0) is 56.7 Å². The molecule has 0 saturated carbocycles. The summed E-state index contributed by atoms with van der Waals surface area (Å²) in [5.41, 5.74) is 2.29. The second-order valence-corrected chi connectivity index (χ2v) is 14.9. The Morgan fingerprint density at radius 1 is 0.833 bits per heavy atom. The fourth-order valence-electron chi connectivity index (χ4n) is 6.85. The maximum absolute atomic E-state index is 13.9. The standard InChI is InChI=1S/C41H64N2O5/c1-5-6-7-8-9-10-11-12-13-14-15-16-20-26-33(39(46)43-38-34-27-22-21-25-32(34)29-37(38)45)30-36(44)35(28-31-23-18-17-19-24-31)42-40(47)48-41(2,3)4/h17-19,21-25,27,33,35-38,44-45H,5-16,20,26,28-30H2,1-4H3,(H,42,47)(H,43,46)/t33-,35-,36-,37+,38-/m0/s1. The molecule has 0 heterocycles. The molecule has 4 N–H and O–H groups in total. The summed E-state index contributed by atoms with van der Waals surface area (Å²) in [6.07, 6.45) is 15.7. The summed E-state index contributed by atoms with van der Waals surface area (Å²) in [4.78, 5) is 26.7. The van der Waals surface area contributed by atoms with Crippen molar-refractivity contribution in [3.63, 3.8) is 0 Å². The molecule has 2 amide bonds. The Hall–Kier alpha value is -2.90. The van der Waals surface area contributed by atoms with E-state index in [0.29, 0.717) is 19.3 Å². The molecule has 0 fully saturated rings. The molecule has 0 unspecified atom stereocenters. The second kappa shape index (κ2) is 21.2. The quantitative estimate of drug-likeness (QED) is 0.0942. The Labute approximate surface area is 290 Å². The third kappa shape index (κ3) is 14.7. The van der Waals surface area contributed by atoms with Crippen molar-refractivity contribution in [1.29, 1.82) is 0 Å². The van der Waals surface area contributed by atoms with Crippen molar-refractivity contribution in [2.75, 3.05) is 0 Å². The number of carbonyl (C=O) groups excluding carboxylic acids is 2. The number of nitrogens with one attached hydrogen (secondary N) is 2. The number of rotatable bonds is 22. The van der Waals surface area contributed by atoms with Crippen molar-refractivity contribution in [2.45, 2.75) is 167 Å². The first-order valence-electron chi connectivity index (χ1n) is 18.8. The highest BCUT2D eigenvalue weighted by molar-refractivity contribution is 5.79. The number of fused-ring (bicyclic) bond motifs is 1. The van der Waals surface area contributed by atoms with E-state index in [2.05, 4.69) is 17.6 Å². The molecule has 268 valence electrons. The monoisotopic (exact) mass is 664 g/mol. The highest BCUT2D eigenvalue weighted by Crippen LogP contribution is 2.32. The fourth-order valence-corrected chi connectivity index (χ4v) is 6.85. The topological polar surface area (TPSA) is 108 Å². The van der Waals surface area contributed by atoms with Gasteiger partial charge in [-0.2, -0.15) is 0 Å². The predicted octanol–water partition coefficient (Wildman–Crippen LogP) is 8.75. The zero-order valence-electron chi connectivity index (χ0n) is 30.2. The maximum Gasteiger partial charge on any atom is 0.407 e. The molecule has 5 atom stereocenters. The first kappa shape index (κ1) is 39.5. The van der Waals surface area contributed by atoms with E-state index in [4.69, 9.17) is 4.74 Å². The van der Waals surface area contributed by atoms with Crippen LogP contribution in [0.2, 0.25) is 0 Å². The van der Waals surface area contributed by atoms with Crippen LogP contribution in [0, 0.1) is 5.92 Å². The molecule has 7 heteroatoms. The van der Waals surface area contributed by atoms with E-state index in [9.17, 15) is 19.8 Å². The van der Waals surface area contributed by atoms with Gasteiger partial charge < -0.3 is 25.6 Å². The first-order valence-corrected chi connectivity index (χ1v) is 18.8. The van der Waals surface area contributed by atoms with Crippen LogP contribution in [0.4, 0.5) is 4.79 Å². The summed E-state index contributed by atoms with van der Waals surface area (Å²) in [5, 5.41) is 28.5. The lowest BCUT2D eigenvalue weighted by molar-refractivity contribution is -0.128. The van der Waals surface area contributed by atoms with E-state index in [1.807, 2.05) is 54.6 Å². The van der Waals surface area contributed by atoms with Crippen LogP contribution in [0.5, 0.6) is 0 Å². The highest BCUT2D eigenvalue weighted by atomic mass is 16.6. The Kier molecular flexibility index (Phi) is 17.5. The number of ether oxygens (including phenoxy) is 1. The van der Waals surface area contributed by atoms with Gasteiger partial charge in [-0.3, -0.25) is 4.79 Å². The molecule has 0 saturated heterocycles. The number of alkyl carbamates (subject to hydrolysis) is 1. The van der Waals surface area contributed by atoms with Crippen molar-refractivity contribution in [3.8, 4) is 0 Å². The van der Waals surface area contributed by atoms with Crippen molar-refractivity contribution >= 4 is 12.0 Å². The first-order chi connectivity index (χ1) is 23.1. The van der Waals surface area contributed by atoms with Gasteiger partial charge in [-0.15, -0.1) is 0 Å². The van der Waals surface area contributed by atoms with E-state index in [1.54, 1.807) is 20.8 Å². The smallest absolute Gasteiger partial charge is 0.407 e. The van der Waals surface area contributed by atoms with Gasteiger partial charge in [0.05, 0.1) is 24.3 Å². The van der Waals surface area contributed by atoms with Crippen molar-refractivity contribution in [2.24, 2.45) is 5.92 Å². The molecule has 48 heavy (non-hydrogen) atoms. The third-order valence-electron chi connectivity index (χ3n) is 9.52. The molecule has 2 aromatic rings. The second-order valence-electron chi connectivity index (χ2n) is 14.9. The minimum absolute atomic E-state index is 0.163. The Morgan fingerprint density at radius 3 is 2.00 bits per heavy atom. The van der Waals surface area contributed by atoms with Gasteiger partial charge in [0.1, 0.15) is 5.60 Å². The number of benzene rings is 2. The van der Waals surface area contributed by atoms with Gasteiger partial charge in [0.15, 0.2) is 0 Å². The molecule has 0 aromatic heterocycles. The molecule has 3 rings (SSSR count).